The maximum Gasteiger partial charge on any atom is 0.392 e. The van der Waals surface area contributed by atoms with Gasteiger partial charge in [0.15, 0.2) is 0 Å². The van der Waals surface area contributed by atoms with Crippen molar-refractivity contribution in [2.24, 2.45) is 11.3 Å². The van der Waals surface area contributed by atoms with Crippen molar-refractivity contribution in [2.75, 3.05) is 0 Å². The molecule has 0 aromatic carbocycles. The average molecular weight is 166 g/mol. The largest absolute Gasteiger partial charge is 0.393 e. The van der Waals surface area contributed by atoms with Crippen LogP contribution in [0.25, 0.3) is 0 Å². The molecule has 1 N–H and O–H groups in total. The first-order valence-electron chi connectivity index (χ1n) is 3.69. The van der Waals surface area contributed by atoms with Crippen LogP contribution in [-0.2, 0) is 0 Å². The average Bonchev–Trinajstić information content (AvgIpc) is 2.37. The van der Waals surface area contributed by atoms with Gasteiger partial charge >= 0.3 is 6.18 Å². The number of alkyl halides is 3. The molecular weight excluding hydrogens is 157 g/mol. The van der Waals surface area contributed by atoms with Gasteiger partial charge in [0.05, 0.1) is 12.0 Å². The molecule has 1 unspecified atom stereocenters. The molecule has 2 aliphatic rings. The summed E-state index contributed by atoms with van der Waals surface area (Å²) >= 11 is 0. The molecule has 0 radical (unpaired) electrons. The zero-order valence-corrected chi connectivity index (χ0v) is 5.86. The molecule has 4 heteroatoms. The fourth-order valence-corrected chi connectivity index (χ4v) is 2.14. The van der Waals surface area contributed by atoms with Gasteiger partial charge in [0.1, 0.15) is 0 Å². The molecule has 0 aromatic heterocycles. The van der Waals surface area contributed by atoms with Gasteiger partial charge < -0.3 is 5.11 Å². The second-order valence-electron chi connectivity index (χ2n) is 3.72. The quantitative estimate of drug-likeness (QED) is 0.580. The summed E-state index contributed by atoms with van der Waals surface area (Å²) in [6.45, 7) is 0. The van der Waals surface area contributed by atoms with Crippen molar-refractivity contribution < 1.29 is 18.3 Å². The first-order valence-corrected chi connectivity index (χ1v) is 3.69. The Hall–Kier alpha value is -0.250. The fourth-order valence-electron chi connectivity index (χ4n) is 2.14. The Morgan fingerprint density at radius 2 is 1.73 bits per heavy atom. The van der Waals surface area contributed by atoms with Crippen LogP contribution < -0.4 is 0 Å². The highest BCUT2D eigenvalue weighted by molar-refractivity contribution is 5.13. The zero-order chi connectivity index (χ0) is 8.28. The highest BCUT2D eigenvalue weighted by atomic mass is 19.4. The number of aliphatic hydroxyl groups is 1. The Kier molecular flexibility index (Phi) is 1.17. The molecule has 64 valence electrons. The molecule has 0 saturated heterocycles. The van der Waals surface area contributed by atoms with Crippen LogP contribution in [0, 0.1) is 11.3 Å². The molecule has 0 aliphatic heterocycles. The van der Waals surface area contributed by atoms with E-state index in [-0.39, 0.29) is 6.42 Å². The third kappa shape index (κ3) is 0.956. The lowest BCUT2D eigenvalue weighted by molar-refractivity contribution is -0.166. The van der Waals surface area contributed by atoms with E-state index in [2.05, 4.69) is 0 Å². The van der Waals surface area contributed by atoms with Gasteiger partial charge in [0.25, 0.3) is 0 Å². The Morgan fingerprint density at radius 3 is 2.00 bits per heavy atom. The maximum absolute atomic E-state index is 12.0. The maximum atomic E-state index is 12.0. The van der Waals surface area contributed by atoms with Crippen LogP contribution in [0.2, 0.25) is 0 Å². The zero-order valence-electron chi connectivity index (χ0n) is 5.86. The lowest BCUT2D eigenvalue weighted by Gasteiger charge is -2.33. The molecule has 2 aliphatic carbocycles. The molecule has 0 amide bonds. The van der Waals surface area contributed by atoms with Gasteiger partial charge in [-0.05, 0) is 24.7 Å². The van der Waals surface area contributed by atoms with Gasteiger partial charge in [0.2, 0.25) is 0 Å². The van der Waals surface area contributed by atoms with Crippen LogP contribution in [0.3, 0.4) is 0 Å². The Balaban J connectivity index is 1.96. The van der Waals surface area contributed by atoms with Crippen LogP contribution in [0.5, 0.6) is 0 Å². The second kappa shape index (κ2) is 1.73. The van der Waals surface area contributed by atoms with Crippen molar-refractivity contribution in [2.45, 2.75) is 31.5 Å². The SMILES string of the molecule is OC1CC2(C1)CC2C(F)(F)F. The number of rotatable bonds is 0. The predicted octanol–water partition coefficient (Wildman–Crippen LogP) is 1.71. The minimum Gasteiger partial charge on any atom is -0.393 e. The van der Waals surface area contributed by atoms with Crippen molar-refractivity contribution in [3.8, 4) is 0 Å². The number of hydrogen-bond acceptors (Lipinski definition) is 1. The Morgan fingerprint density at radius 1 is 1.18 bits per heavy atom. The molecule has 1 nitrogen and oxygen atoms in total. The monoisotopic (exact) mass is 166 g/mol. The lowest BCUT2D eigenvalue weighted by Crippen LogP contribution is -2.34. The minimum atomic E-state index is -4.03. The van der Waals surface area contributed by atoms with Crippen LogP contribution in [0.4, 0.5) is 13.2 Å². The van der Waals surface area contributed by atoms with E-state index in [1.165, 1.54) is 0 Å². The summed E-state index contributed by atoms with van der Waals surface area (Å²) in [5, 5.41) is 8.84. The van der Waals surface area contributed by atoms with Gasteiger partial charge in [-0.25, -0.2) is 0 Å². The molecule has 1 atom stereocenters. The number of halogens is 3. The molecule has 2 fully saturated rings. The summed E-state index contributed by atoms with van der Waals surface area (Å²) in [6, 6.07) is 0. The summed E-state index contributed by atoms with van der Waals surface area (Å²) in [5.74, 6) is -1.11. The lowest BCUT2D eigenvalue weighted by atomic mass is 9.77. The molecule has 11 heavy (non-hydrogen) atoms. The molecule has 0 heterocycles. The summed E-state index contributed by atoms with van der Waals surface area (Å²) in [7, 11) is 0. The first kappa shape index (κ1) is 7.40. The summed E-state index contributed by atoms with van der Waals surface area (Å²) < 4.78 is 36.0. The standard InChI is InChI=1S/C7H9F3O/c8-7(9,10)5-3-6(5)1-4(11)2-6/h4-5,11H,1-3H2. The molecule has 0 bridgehead atoms. The van der Waals surface area contributed by atoms with Gasteiger partial charge in [-0.2, -0.15) is 13.2 Å². The highest BCUT2D eigenvalue weighted by Gasteiger charge is 2.70. The van der Waals surface area contributed by atoms with E-state index in [0.29, 0.717) is 12.8 Å². The van der Waals surface area contributed by atoms with E-state index in [9.17, 15) is 13.2 Å². The smallest absolute Gasteiger partial charge is 0.392 e. The van der Waals surface area contributed by atoms with Crippen LogP contribution in [0.1, 0.15) is 19.3 Å². The summed E-state index contributed by atoms with van der Waals surface area (Å²) in [4.78, 5) is 0. The van der Waals surface area contributed by atoms with Crippen molar-refractivity contribution in [3.05, 3.63) is 0 Å². The van der Waals surface area contributed by atoms with Gasteiger partial charge in [-0.1, -0.05) is 0 Å². The van der Waals surface area contributed by atoms with E-state index >= 15 is 0 Å². The third-order valence-corrected chi connectivity index (χ3v) is 2.87. The van der Waals surface area contributed by atoms with E-state index in [1.54, 1.807) is 0 Å². The Labute approximate surface area is 62.2 Å². The first-order chi connectivity index (χ1) is 4.94. The fraction of sp³-hybridized carbons (Fsp3) is 1.00. The Bertz CT molecular complexity index is 181. The topological polar surface area (TPSA) is 20.2 Å². The van der Waals surface area contributed by atoms with Crippen molar-refractivity contribution in [1.82, 2.24) is 0 Å². The molecule has 2 rings (SSSR count). The van der Waals surface area contributed by atoms with Crippen LogP contribution in [-0.4, -0.2) is 17.4 Å². The van der Waals surface area contributed by atoms with Gasteiger partial charge in [-0.15, -0.1) is 0 Å². The van der Waals surface area contributed by atoms with E-state index in [4.69, 9.17) is 5.11 Å². The predicted molar refractivity (Wildman–Crippen MR) is 31.8 cm³/mol. The summed E-state index contributed by atoms with van der Waals surface area (Å²) in [5.41, 5.74) is -0.530. The molecule has 1 spiro atoms. The molecule has 0 aromatic rings. The summed E-state index contributed by atoms with van der Waals surface area (Å²) in [6.07, 6.45) is -3.54. The van der Waals surface area contributed by atoms with E-state index in [1.807, 2.05) is 0 Å². The third-order valence-electron chi connectivity index (χ3n) is 2.87. The molecule has 2 saturated carbocycles. The second-order valence-corrected chi connectivity index (χ2v) is 3.72. The van der Waals surface area contributed by atoms with E-state index in [0.717, 1.165) is 0 Å². The number of aliphatic hydroxyl groups excluding tert-OH is 1. The van der Waals surface area contributed by atoms with Crippen molar-refractivity contribution in [3.63, 3.8) is 0 Å². The van der Waals surface area contributed by atoms with E-state index < -0.39 is 23.6 Å². The van der Waals surface area contributed by atoms with Crippen LogP contribution in [0.15, 0.2) is 0 Å². The van der Waals surface area contributed by atoms with Crippen molar-refractivity contribution >= 4 is 0 Å². The normalized spacial score (nSPS) is 49.1. The minimum absolute atomic E-state index is 0.244. The number of hydrogen-bond donors (Lipinski definition) is 1. The van der Waals surface area contributed by atoms with Crippen molar-refractivity contribution in [1.29, 1.82) is 0 Å². The highest BCUT2D eigenvalue weighted by Crippen LogP contribution is 2.70. The van der Waals surface area contributed by atoms with Gasteiger partial charge in [0, 0.05) is 0 Å². The van der Waals surface area contributed by atoms with Crippen LogP contribution >= 0.6 is 0 Å². The molecular formula is C7H9F3O. The van der Waals surface area contributed by atoms with Gasteiger partial charge in [-0.3, -0.25) is 0 Å².